The fourth-order valence-corrected chi connectivity index (χ4v) is 3.25. The molecule has 3 rings (SSSR count). The van der Waals surface area contributed by atoms with Crippen LogP contribution in [0.15, 0.2) is 48.5 Å². The van der Waals surface area contributed by atoms with Crippen LogP contribution in [0.4, 0.5) is 0 Å². The predicted octanol–water partition coefficient (Wildman–Crippen LogP) is 3.72. The van der Waals surface area contributed by atoms with E-state index in [1.165, 1.54) is 33.3 Å². The molecule has 3 aromatic rings. The fourth-order valence-electron chi connectivity index (χ4n) is 3.25. The smallest absolute Gasteiger partial charge is 0.0843 e. The Kier molecular flexibility index (Phi) is 5.03. The van der Waals surface area contributed by atoms with Gasteiger partial charge in [-0.3, -0.25) is 0 Å². The summed E-state index contributed by atoms with van der Waals surface area (Å²) >= 11 is 0. The van der Waals surface area contributed by atoms with E-state index >= 15 is 0 Å². The summed E-state index contributed by atoms with van der Waals surface area (Å²) in [5.74, 6) is 0. The summed E-state index contributed by atoms with van der Waals surface area (Å²) in [5.41, 5.74) is 6.25. The first-order valence-electron chi connectivity index (χ1n) is 8.55. The zero-order chi connectivity index (χ0) is 17.1. The molecule has 0 saturated carbocycles. The summed E-state index contributed by atoms with van der Waals surface area (Å²) < 4.78 is 2.24. The molecule has 0 spiro atoms. The molecule has 0 amide bonds. The lowest BCUT2D eigenvalue weighted by Crippen LogP contribution is -2.30. The molecule has 1 atom stereocenters. The van der Waals surface area contributed by atoms with Crippen LogP contribution in [0.5, 0.6) is 0 Å². The van der Waals surface area contributed by atoms with Crippen molar-refractivity contribution in [2.45, 2.75) is 40.0 Å². The quantitative estimate of drug-likeness (QED) is 0.726. The molecule has 3 heteroatoms. The van der Waals surface area contributed by atoms with Crippen LogP contribution >= 0.6 is 0 Å². The van der Waals surface area contributed by atoms with E-state index in [9.17, 15) is 5.11 Å². The van der Waals surface area contributed by atoms with Crippen molar-refractivity contribution in [3.05, 3.63) is 70.9 Å². The summed E-state index contributed by atoms with van der Waals surface area (Å²) in [6.45, 7) is 8.39. The van der Waals surface area contributed by atoms with E-state index in [0.717, 1.165) is 6.54 Å². The number of aliphatic hydroxyl groups is 1. The van der Waals surface area contributed by atoms with Crippen molar-refractivity contribution in [2.24, 2.45) is 0 Å². The summed E-state index contributed by atoms with van der Waals surface area (Å²) in [4.78, 5) is 0. The van der Waals surface area contributed by atoms with Crippen molar-refractivity contribution in [1.82, 2.24) is 9.88 Å². The number of nitrogens with one attached hydrogen (secondary N) is 1. The van der Waals surface area contributed by atoms with E-state index < -0.39 is 6.10 Å². The molecule has 0 unspecified atom stereocenters. The van der Waals surface area contributed by atoms with Gasteiger partial charge in [0.2, 0.25) is 0 Å². The molecule has 0 fully saturated rings. The third-order valence-electron chi connectivity index (χ3n) is 4.74. The van der Waals surface area contributed by atoms with Crippen LogP contribution in [0.1, 0.15) is 22.4 Å². The van der Waals surface area contributed by atoms with Crippen LogP contribution in [0.25, 0.3) is 10.9 Å². The molecule has 2 N–H and O–H groups in total. The normalized spacial score (nSPS) is 12.7. The van der Waals surface area contributed by atoms with Gasteiger partial charge in [-0.1, -0.05) is 42.0 Å². The minimum Gasteiger partial charge on any atom is -0.390 e. The number of fused-ring (bicyclic) bond motifs is 1. The zero-order valence-electron chi connectivity index (χ0n) is 14.7. The van der Waals surface area contributed by atoms with Crippen LogP contribution < -0.4 is 5.32 Å². The van der Waals surface area contributed by atoms with Gasteiger partial charge in [-0.2, -0.15) is 0 Å². The molecule has 0 aliphatic heterocycles. The standard InChI is InChI=1S/C21H26N2O/c1-15-9-10-21-20(11-15)16(2)17(3)23(21)14-19(24)13-22-12-18-7-5-4-6-8-18/h4-11,19,22,24H,12-14H2,1-3H3/t19-/m1/s1. The Morgan fingerprint density at radius 2 is 1.79 bits per heavy atom. The number of aryl methyl sites for hydroxylation is 2. The van der Waals surface area contributed by atoms with Crippen LogP contribution in [-0.4, -0.2) is 22.3 Å². The van der Waals surface area contributed by atoms with Gasteiger partial charge in [-0.05, 0) is 44.0 Å². The highest BCUT2D eigenvalue weighted by Crippen LogP contribution is 2.26. The average molecular weight is 322 g/mol. The third kappa shape index (κ3) is 3.53. The molecule has 24 heavy (non-hydrogen) atoms. The molecule has 126 valence electrons. The predicted molar refractivity (Wildman–Crippen MR) is 100 cm³/mol. The van der Waals surface area contributed by atoms with Gasteiger partial charge < -0.3 is 15.0 Å². The van der Waals surface area contributed by atoms with Gasteiger partial charge in [0.15, 0.2) is 0 Å². The van der Waals surface area contributed by atoms with Gasteiger partial charge in [0, 0.05) is 29.7 Å². The van der Waals surface area contributed by atoms with E-state index in [-0.39, 0.29) is 0 Å². The molecule has 0 saturated heterocycles. The number of rotatable bonds is 6. The monoisotopic (exact) mass is 322 g/mol. The average Bonchev–Trinajstić information content (AvgIpc) is 2.80. The highest BCUT2D eigenvalue weighted by Gasteiger charge is 2.14. The summed E-state index contributed by atoms with van der Waals surface area (Å²) in [6.07, 6.45) is -0.413. The van der Waals surface area contributed by atoms with Crippen molar-refractivity contribution >= 4 is 10.9 Å². The fraction of sp³-hybridized carbons (Fsp3) is 0.333. The van der Waals surface area contributed by atoms with Gasteiger partial charge in [-0.25, -0.2) is 0 Å². The number of hydrogen-bond donors (Lipinski definition) is 2. The number of nitrogens with zero attached hydrogens (tertiary/aromatic N) is 1. The van der Waals surface area contributed by atoms with Crippen molar-refractivity contribution in [1.29, 1.82) is 0 Å². The van der Waals surface area contributed by atoms with Crippen LogP contribution in [0.2, 0.25) is 0 Å². The van der Waals surface area contributed by atoms with Crippen LogP contribution in [0.3, 0.4) is 0 Å². The molecular formula is C21H26N2O. The highest BCUT2D eigenvalue weighted by atomic mass is 16.3. The third-order valence-corrected chi connectivity index (χ3v) is 4.74. The van der Waals surface area contributed by atoms with Gasteiger partial charge in [-0.15, -0.1) is 0 Å². The van der Waals surface area contributed by atoms with Crippen molar-refractivity contribution in [2.75, 3.05) is 6.54 Å². The van der Waals surface area contributed by atoms with Crippen molar-refractivity contribution < 1.29 is 5.11 Å². The van der Waals surface area contributed by atoms with E-state index in [1.807, 2.05) is 18.2 Å². The molecule has 0 radical (unpaired) electrons. The van der Waals surface area contributed by atoms with Gasteiger partial charge in [0.1, 0.15) is 0 Å². The van der Waals surface area contributed by atoms with E-state index in [2.05, 4.69) is 61.0 Å². The maximum atomic E-state index is 10.4. The molecular weight excluding hydrogens is 296 g/mol. The Labute approximate surface area is 143 Å². The largest absolute Gasteiger partial charge is 0.390 e. The maximum absolute atomic E-state index is 10.4. The summed E-state index contributed by atoms with van der Waals surface area (Å²) in [6, 6.07) is 16.8. The molecule has 1 aromatic heterocycles. The van der Waals surface area contributed by atoms with Gasteiger partial charge in [0.05, 0.1) is 12.6 Å². The van der Waals surface area contributed by atoms with Crippen LogP contribution in [-0.2, 0) is 13.1 Å². The second-order valence-electron chi connectivity index (χ2n) is 6.61. The van der Waals surface area contributed by atoms with Crippen LogP contribution in [0, 0.1) is 20.8 Å². The number of aliphatic hydroxyl groups excluding tert-OH is 1. The SMILES string of the molecule is Cc1ccc2c(c1)c(C)c(C)n2C[C@H](O)CNCc1ccccc1. The van der Waals surface area contributed by atoms with E-state index in [1.54, 1.807) is 0 Å². The minimum absolute atomic E-state index is 0.413. The molecule has 1 heterocycles. The highest BCUT2D eigenvalue weighted by molar-refractivity contribution is 5.85. The number of hydrogen-bond acceptors (Lipinski definition) is 2. The molecule has 2 aromatic carbocycles. The first-order chi connectivity index (χ1) is 11.6. The van der Waals surface area contributed by atoms with E-state index in [4.69, 9.17) is 0 Å². The topological polar surface area (TPSA) is 37.2 Å². The van der Waals surface area contributed by atoms with Crippen molar-refractivity contribution in [3.8, 4) is 0 Å². The summed E-state index contributed by atoms with van der Waals surface area (Å²) in [5, 5.41) is 15.1. The van der Waals surface area contributed by atoms with Crippen molar-refractivity contribution in [3.63, 3.8) is 0 Å². The lowest BCUT2D eigenvalue weighted by atomic mass is 10.1. The van der Waals surface area contributed by atoms with E-state index in [0.29, 0.717) is 13.1 Å². The number of aromatic nitrogens is 1. The van der Waals surface area contributed by atoms with Gasteiger partial charge >= 0.3 is 0 Å². The zero-order valence-corrected chi connectivity index (χ0v) is 14.7. The Bertz CT molecular complexity index is 821. The minimum atomic E-state index is -0.413. The molecule has 3 nitrogen and oxygen atoms in total. The van der Waals surface area contributed by atoms with Gasteiger partial charge in [0.25, 0.3) is 0 Å². The Hall–Kier alpha value is -2.10. The lowest BCUT2D eigenvalue weighted by molar-refractivity contribution is 0.152. The molecule has 0 aliphatic rings. The Morgan fingerprint density at radius 1 is 1.04 bits per heavy atom. The molecule has 0 bridgehead atoms. The second-order valence-corrected chi connectivity index (χ2v) is 6.61. The second kappa shape index (κ2) is 7.20. The Balaban J connectivity index is 1.67. The first kappa shape index (κ1) is 16.7. The number of benzene rings is 2. The lowest BCUT2D eigenvalue weighted by Gasteiger charge is -2.15. The Morgan fingerprint density at radius 3 is 2.54 bits per heavy atom. The maximum Gasteiger partial charge on any atom is 0.0843 e. The molecule has 0 aliphatic carbocycles. The first-order valence-corrected chi connectivity index (χ1v) is 8.55. The summed E-state index contributed by atoms with van der Waals surface area (Å²) in [7, 11) is 0.